The van der Waals surface area contributed by atoms with Crippen LogP contribution in [-0.2, 0) is 5.41 Å². The molecule has 0 aliphatic carbocycles. The number of fused-ring (bicyclic) bond motifs is 1. The van der Waals surface area contributed by atoms with E-state index in [0.29, 0.717) is 5.75 Å². The van der Waals surface area contributed by atoms with Crippen LogP contribution in [0.25, 0.3) is 0 Å². The molecule has 1 fully saturated rings. The Bertz CT molecular complexity index is 550. The SMILES string of the molecule is CNC(=O)Oc1ccc2c(c1)C(C)(C)C(N1CCCC1)O2. The molecule has 114 valence electrons. The van der Waals surface area contributed by atoms with E-state index in [1.165, 1.54) is 12.8 Å². The summed E-state index contributed by atoms with van der Waals surface area (Å²) in [6.45, 7) is 6.55. The highest BCUT2D eigenvalue weighted by molar-refractivity contribution is 5.70. The van der Waals surface area contributed by atoms with Crippen LogP contribution < -0.4 is 14.8 Å². The molecule has 3 rings (SSSR count). The van der Waals surface area contributed by atoms with Crippen molar-refractivity contribution in [1.82, 2.24) is 10.2 Å². The molecular formula is C16H22N2O3. The Labute approximate surface area is 125 Å². The summed E-state index contributed by atoms with van der Waals surface area (Å²) in [5.74, 6) is 1.44. The van der Waals surface area contributed by atoms with Gasteiger partial charge in [0.1, 0.15) is 11.5 Å². The first-order valence-electron chi connectivity index (χ1n) is 7.47. The largest absolute Gasteiger partial charge is 0.474 e. The summed E-state index contributed by atoms with van der Waals surface area (Å²) in [4.78, 5) is 13.7. The fourth-order valence-electron chi connectivity index (χ4n) is 3.24. The van der Waals surface area contributed by atoms with Gasteiger partial charge in [0.2, 0.25) is 0 Å². The topological polar surface area (TPSA) is 50.8 Å². The molecule has 1 aromatic rings. The van der Waals surface area contributed by atoms with Crippen LogP contribution in [0, 0.1) is 0 Å². The normalized spacial score (nSPS) is 23.5. The number of ether oxygens (including phenoxy) is 2. The second kappa shape index (κ2) is 5.22. The van der Waals surface area contributed by atoms with E-state index in [2.05, 4.69) is 24.1 Å². The number of hydrogen-bond donors (Lipinski definition) is 1. The van der Waals surface area contributed by atoms with Gasteiger partial charge in [-0.1, -0.05) is 13.8 Å². The van der Waals surface area contributed by atoms with Crippen molar-refractivity contribution in [3.05, 3.63) is 23.8 Å². The molecule has 21 heavy (non-hydrogen) atoms. The van der Waals surface area contributed by atoms with Crippen LogP contribution in [0.15, 0.2) is 18.2 Å². The predicted molar refractivity (Wildman–Crippen MR) is 79.8 cm³/mol. The minimum Gasteiger partial charge on any atom is -0.474 e. The van der Waals surface area contributed by atoms with Crippen LogP contribution in [-0.4, -0.2) is 37.4 Å². The minimum absolute atomic E-state index is 0.0604. The molecule has 1 amide bonds. The average molecular weight is 290 g/mol. The molecule has 0 radical (unpaired) electrons. The second-order valence-corrected chi connectivity index (χ2v) is 6.23. The lowest BCUT2D eigenvalue weighted by atomic mass is 9.83. The Morgan fingerprint density at radius 2 is 2.10 bits per heavy atom. The van der Waals surface area contributed by atoms with Crippen molar-refractivity contribution in [1.29, 1.82) is 0 Å². The predicted octanol–water partition coefficient (Wildman–Crippen LogP) is 2.50. The first-order valence-corrected chi connectivity index (χ1v) is 7.47. The van der Waals surface area contributed by atoms with Crippen molar-refractivity contribution < 1.29 is 14.3 Å². The number of amides is 1. The molecule has 0 aromatic heterocycles. The molecule has 2 aliphatic rings. The van der Waals surface area contributed by atoms with Gasteiger partial charge >= 0.3 is 6.09 Å². The third-order valence-corrected chi connectivity index (χ3v) is 4.39. The summed E-state index contributed by atoms with van der Waals surface area (Å²) < 4.78 is 11.4. The summed E-state index contributed by atoms with van der Waals surface area (Å²) >= 11 is 0. The number of rotatable bonds is 2. The number of nitrogens with one attached hydrogen (secondary N) is 1. The van der Waals surface area contributed by atoms with Gasteiger partial charge in [0, 0.05) is 31.1 Å². The molecule has 1 atom stereocenters. The monoisotopic (exact) mass is 290 g/mol. The van der Waals surface area contributed by atoms with E-state index in [1.54, 1.807) is 13.1 Å². The number of likely N-dealkylation sites (tertiary alicyclic amines) is 1. The Hall–Kier alpha value is -1.75. The van der Waals surface area contributed by atoms with E-state index in [0.717, 1.165) is 24.4 Å². The van der Waals surface area contributed by atoms with Gasteiger partial charge in [-0.3, -0.25) is 4.90 Å². The molecule has 1 unspecified atom stereocenters. The Kier molecular flexibility index (Phi) is 3.53. The lowest BCUT2D eigenvalue weighted by Crippen LogP contribution is -2.46. The highest BCUT2D eigenvalue weighted by Crippen LogP contribution is 2.46. The fourth-order valence-corrected chi connectivity index (χ4v) is 3.24. The molecule has 2 heterocycles. The molecule has 0 bridgehead atoms. The molecule has 0 saturated carbocycles. The van der Waals surface area contributed by atoms with Gasteiger partial charge in [-0.15, -0.1) is 0 Å². The van der Waals surface area contributed by atoms with Gasteiger partial charge < -0.3 is 14.8 Å². The van der Waals surface area contributed by atoms with E-state index in [-0.39, 0.29) is 11.6 Å². The quantitative estimate of drug-likeness (QED) is 0.909. The third-order valence-electron chi connectivity index (χ3n) is 4.39. The van der Waals surface area contributed by atoms with Crippen LogP contribution in [0.2, 0.25) is 0 Å². The summed E-state index contributed by atoms with van der Waals surface area (Å²) in [6, 6.07) is 5.59. The summed E-state index contributed by atoms with van der Waals surface area (Å²) in [6.07, 6.45) is 2.07. The van der Waals surface area contributed by atoms with Gasteiger partial charge in [0.15, 0.2) is 6.23 Å². The van der Waals surface area contributed by atoms with Crippen molar-refractivity contribution in [2.45, 2.75) is 38.3 Å². The van der Waals surface area contributed by atoms with E-state index in [1.807, 2.05) is 12.1 Å². The van der Waals surface area contributed by atoms with Crippen molar-refractivity contribution in [3.63, 3.8) is 0 Å². The highest BCUT2D eigenvalue weighted by atomic mass is 16.6. The fraction of sp³-hybridized carbons (Fsp3) is 0.562. The van der Waals surface area contributed by atoms with Crippen LogP contribution in [0.1, 0.15) is 32.3 Å². The summed E-state index contributed by atoms with van der Waals surface area (Å²) in [5, 5.41) is 2.45. The lowest BCUT2D eigenvalue weighted by Gasteiger charge is -2.33. The summed E-state index contributed by atoms with van der Waals surface area (Å²) in [7, 11) is 1.55. The van der Waals surface area contributed by atoms with Crippen molar-refractivity contribution in [3.8, 4) is 11.5 Å². The van der Waals surface area contributed by atoms with Gasteiger partial charge in [0.05, 0.1) is 0 Å². The average Bonchev–Trinajstić information content (AvgIpc) is 3.06. The molecule has 0 spiro atoms. The maximum atomic E-state index is 11.3. The number of carbonyl (C=O) groups excluding carboxylic acids is 1. The Balaban J connectivity index is 1.87. The zero-order chi connectivity index (χ0) is 15.0. The number of benzene rings is 1. The van der Waals surface area contributed by atoms with Crippen molar-refractivity contribution >= 4 is 6.09 Å². The van der Waals surface area contributed by atoms with Gasteiger partial charge in [-0.2, -0.15) is 0 Å². The molecule has 5 nitrogen and oxygen atoms in total. The zero-order valence-electron chi connectivity index (χ0n) is 12.8. The van der Waals surface area contributed by atoms with Crippen molar-refractivity contribution in [2.24, 2.45) is 0 Å². The highest BCUT2D eigenvalue weighted by Gasteiger charge is 2.45. The van der Waals surface area contributed by atoms with Crippen LogP contribution in [0.3, 0.4) is 0 Å². The Morgan fingerprint density at radius 3 is 2.76 bits per heavy atom. The molecule has 1 aromatic carbocycles. The van der Waals surface area contributed by atoms with Gasteiger partial charge in [0.25, 0.3) is 0 Å². The van der Waals surface area contributed by atoms with Crippen LogP contribution in [0.5, 0.6) is 11.5 Å². The zero-order valence-corrected chi connectivity index (χ0v) is 12.8. The maximum absolute atomic E-state index is 11.3. The number of hydrogen-bond acceptors (Lipinski definition) is 4. The second-order valence-electron chi connectivity index (χ2n) is 6.23. The van der Waals surface area contributed by atoms with Gasteiger partial charge in [-0.05, 0) is 31.0 Å². The first-order chi connectivity index (χ1) is 10.0. The molecule has 5 heteroatoms. The smallest absolute Gasteiger partial charge is 0.412 e. The Morgan fingerprint density at radius 1 is 1.38 bits per heavy atom. The van der Waals surface area contributed by atoms with Crippen LogP contribution >= 0.6 is 0 Å². The van der Waals surface area contributed by atoms with Gasteiger partial charge in [-0.25, -0.2) is 4.79 Å². The number of carbonyl (C=O) groups is 1. The molecular weight excluding hydrogens is 268 g/mol. The minimum atomic E-state index is -0.456. The van der Waals surface area contributed by atoms with E-state index in [9.17, 15) is 4.79 Å². The third kappa shape index (κ3) is 2.46. The maximum Gasteiger partial charge on any atom is 0.412 e. The van der Waals surface area contributed by atoms with E-state index < -0.39 is 6.09 Å². The van der Waals surface area contributed by atoms with Crippen molar-refractivity contribution in [2.75, 3.05) is 20.1 Å². The molecule has 1 N–H and O–H groups in total. The van der Waals surface area contributed by atoms with E-state index in [4.69, 9.17) is 9.47 Å². The first kappa shape index (κ1) is 14.2. The standard InChI is InChI=1S/C16H22N2O3/c1-16(2)12-10-11(20-15(19)17-3)6-7-13(12)21-14(16)18-8-4-5-9-18/h6-7,10,14H,4-5,8-9H2,1-3H3,(H,17,19). The van der Waals surface area contributed by atoms with Crippen LogP contribution in [0.4, 0.5) is 4.79 Å². The summed E-state index contributed by atoms with van der Waals surface area (Å²) in [5.41, 5.74) is 0.975. The number of nitrogens with zero attached hydrogens (tertiary/aromatic N) is 1. The molecule has 1 saturated heterocycles. The lowest BCUT2D eigenvalue weighted by molar-refractivity contribution is 0.0143. The molecule has 2 aliphatic heterocycles. The van der Waals surface area contributed by atoms with E-state index >= 15 is 0 Å².